The molecule has 0 radical (unpaired) electrons. The molecule has 23 heavy (non-hydrogen) atoms. The van der Waals surface area contributed by atoms with Gasteiger partial charge in [0.1, 0.15) is 5.82 Å². The van der Waals surface area contributed by atoms with Gasteiger partial charge in [0.25, 0.3) is 5.91 Å². The molecule has 0 saturated heterocycles. The van der Waals surface area contributed by atoms with Crippen molar-refractivity contribution < 1.29 is 18.0 Å². The van der Waals surface area contributed by atoms with E-state index in [0.29, 0.717) is 16.9 Å². The quantitative estimate of drug-likeness (QED) is 0.832. The highest BCUT2D eigenvalue weighted by molar-refractivity contribution is 7.99. The molecular formula is C15H14F3N3OS. The van der Waals surface area contributed by atoms with Gasteiger partial charge in [-0.25, -0.2) is 9.07 Å². The van der Waals surface area contributed by atoms with Crippen molar-refractivity contribution in [2.24, 2.45) is 0 Å². The molecule has 0 saturated carbocycles. The number of fused-ring (bicyclic) bond motifs is 1. The Hall–Kier alpha value is -1.96. The maximum Gasteiger partial charge on any atom is 0.333 e. The summed E-state index contributed by atoms with van der Waals surface area (Å²) in [5, 5.41) is 3.69. The zero-order chi connectivity index (χ0) is 16.6. The summed E-state index contributed by atoms with van der Waals surface area (Å²) < 4.78 is 39.7. The fourth-order valence-electron chi connectivity index (χ4n) is 2.49. The number of nitrogens with zero attached hydrogens (tertiary/aromatic N) is 3. The van der Waals surface area contributed by atoms with Crippen LogP contribution in [-0.2, 0) is 0 Å². The Kier molecular flexibility index (Phi) is 4.34. The number of rotatable bonds is 2. The SMILES string of the molecule is Cc1cc(C(=O)N2CCCSc3ccc(F)cc32)nn1C(F)F. The molecule has 1 aliphatic rings. The summed E-state index contributed by atoms with van der Waals surface area (Å²) >= 11 is 1.54. The highest BCUT2D eigenvalue weighted by Gasteiger charge is 2.26. The molecule has 0 fully saturated rings. The van der Waals surface area contributed by atoms with Gasteiger partial charge in [-0.1, -0.05) is 0 Å². The number of anilines is 1. The first-order valence-corrected chi connectivity index (χ1v) is 8.04. The molecule has 0 unspecified atom stereocenters. The van der Waals surface area contributed by atoms with Crippen molar-refractivity contribution in [2.45, 2.75) is 24.8 Å². The minimum atomic E-state index is -2.80. The van der Waals surface area contributed by atoms with Gasteiger partial charge in [0.2, 0.25) is 0 Å². The fraction of sp³-hybridized carbons (Fsp3) is 0.333. The largest absolute Gasteiger partial charge is 0.333 e. The number of amides is 1. The zero-order valence-electron chi connectivity index (χ0n) is 12.3. The van der Waals surface area contributed by atoms with E-state index in [1.807, 2.05) is 0 Å². The highest BCUT2D eigenvalue weighted by Crippen LogP contribution is 2.35. The number of hydrogen-bond acceptors (Lipinski definition) is 3. The van der Waals surface area contributed by atoms with Crippen molar-refractivity contribution >= 4 is 23.4 Å². The lowest BCUT2D eigenvalue weighted by Crippen LogP contribution is -2.32. The van der Waals surface area contributed by atoms with Crippen molar-refractivity contribution in [3.63, 3.8) is 0 Å². The molecule has 0 spiro atoms. The topological polar surface area (TPSA) is 38.1 Å². The summed E-state index contributed by atoms with van der Waals surface area (Å²) in [5.74, 6) is -0.146. The van der Waals surface area contributed by atoms with E-state index >= 15 is 0 Å². The van der Waals surface area contributed by atoms with E-state index in [0.717, 1.165) is 17.1 Å². The van der Waals surface area contributed by atoms with E-state index in [1.165, 1.54) is 30.0 Å². The molecule has 1 aromatic carbocycles. The molecule has 0 aliphatic carbocycles. The lowest BCUT2D eigenvalue weighted by Gasteiger charge is -2.21. The number of benzene rings is 1. The number of thioether (sulfide) groups is 1. The number of halogens is 3. The number of aromatic nitrogens is 2. The lowest BCUT2D eigenvalue weighted by molar-refractivity contribution is 0.0539. The zero-order valence-corrected chi connectivity index (χ0v) is 13.1. The van der Waals surface area contributed by atoms with Crippen LogP contribution in [0.5, 0.6) is 0 Å². The summed E-state index contributed by atoms with van der Waals surface area (Å²) in [5.41, 5.74) is 0.596. The van der Waals surface area contributed by atoms with E-state index in [-0.39, 0.29) is 11.4 Å². The van der Waals surface area contributed by atoms with Crippen molar-refractivity contribution in [1.29, 1.82) is 0 Å². The molecule has 1 aliphatic heterocycles. The molecule has 1 amide bonds. The number of alkyl halides is 2. The summed E-state index contributed by atoms with van der Waals surface area (Å²) in [4.78, 5) is 14.9. The van der Waals surface area contributed by atoms with E-state index in [2.05, 4.69) is 5.10 Å². The third-order valence-corrected chi connectivity index (χ3v) is 4.72. The molecule has 8 heteroatoms. The van der Waals surface area contributed by atoms with Gasteiger partial charge in [-0.15, -0.1) is 11.8 Å². The Balaban J connectivity index is 1.99. The second kappa shape index (κ2) is 6.27. The van der Waals surface area contributed by atoms with E-state index in [1.54, 1.807) is 17.8 Å². The molecule has 3 rings (SSSR count). The van der Waals surface area contributed by atoms with Crippen molar-refractivity contribution in [1.82, 2.24) is 9.78 Å². The van der Waals surface area contributed by atoms with Gasteiger partial charge in [0.05, 0.1) is 5.69 Å². The van der Waals surface area contributed by atoms with Crippen molar-refractivity contribution in [2.75, 3.05) is 17.2 Å². The number of hydrogen-bond donors (Lipinski definition) is 0. The van der Waals surface area contributed by atoms with Crippen molar-refractivity contribution in [3.8, 4) is 0 Å². The standard InChI is InChI=1S/C15H14F3N3OS/c1-9-7-11(19-21(9)15(17)18)14(22)20-5-2-6-23-13-4-3-10(16)8-12(13)20/h3-4,7-8,15H,2,5-6H2,1H3. The Morgan fingerprint density at radius 2 is 2.13 bits per heavy atom. The minimum absolute atomic E-state index is 0.0649. The third-order valence-electron chi connectivity index (χ3n) is 3.57. The first-order valence-electron chi connectivity index (χ1n) is 7.06. The molecule has 122 valence electrons. The van der Waals surface area contributed by atoms with E-state index < -0.39 is 18.3 Å². The predicted octanol–water partition coefficient (Wildman–Crippen LogP) is 3.87. The Bertz CT molecular complexity index is 748. The Morgan fingerprint density at radius 1 is 1.35 bits per heavy atom. The minimum Gasteiger partial charge on any atom is -0.306 e. The second-order valence-electron chi connectivity index (χ2n) is 5.16. The Labute approximate surface area is 135 Å². The number of carbonyl (C=O) groups excluding carboxylic acids is 1. The lowest BCUT2D eigenvalue weighted by atomic mass is 10.2. The van der Waals surface area contributed by atoms with Gasteiger partial charge in [-0.05, 0) is 43.4 Å². The van der Waals surface area contributed by atoms with Crippen molar-refractivity contribution in [3.05, 3.63) is 41.5 Å². The first-order chi connectivity index (χ1) is 11.0. The van der Waals surface area contributed by atoms with Gasteiger partial charge in [0, 0.05) is 17.1 Å². The van der Waals surface area contributed by atoms with Crippen LogP contribution in [0.15, 0.2) is 29.2 Å². The smallest absolute Gasteiger partial charge is 0.306 e. The normalized spacial score (nSPS) is 14.7. The molecule has 2 aromatic rings. The molecule has 0 N–H and O–H groups in total. The summed E-state index contributed by atoms with van der Waals surface area (Å²) in [6.07, 6.45) is 0.723. The van der Waals surface area contributed by atoms with Gasteiger partial charge < -0.3 is 4.90 Å². The molecule has 1 aromatic heterocycles. The van der Waals surface area contributed by atoms with Crippen LogP contribution < -0.4 is 4.90 Å². The van der Waals surface area contributed by atoms with E-state index in [9.17, 15) is 18.0 Å². The van der Waals surface area contributed by atoms with Crippen LogP contribution in [0.1, 0.15) is 29.2 Å². The van der Waals surface area contributed by atoms with Crippen LogP contribution >= 0.6 is 11.8 Å². The monoisotopic (exact) mass is 341 g/mol. The van der Waals surface area contributed by atoms with Crippen LogP contribution in [-0.4, -0.2) is 28.0 Å². The van der Waals surface area contributed by atoms with E-state index in [4.69, 9.17) is 0 Å². The maximum atomic E-state index is 13.6. The van der Waals surface area contributed by atoms with Gasteiger partial charge >= 0.3 is 6.55 Å². The summed E-state index contributed by atoms with van der Waals surface area (Å²) in [6.45, 7) is -0.953. The highest BCUT2D eigenvalue weighted by atomic mass is 32.2. The second-order valence-corrected chi connectivity index (χ2v) is 6.30. The Morgan fingerprint density at radius 3 is 2.83 bits per heavy atom. The number of aryl methyl sites for hydroxylation is 1. The molecule has 4 nitrogen and oxygen atoms in total. The predicted molar refractivity (Wildman–Crippen MR) is 81.6 cm³/mol. The van der Waals surface area contributed by atoms with Crippen LogP contribution in [0.4, 0.5) is 18.9 Å². The molecular weight excluding hydrogens is 327 g/mol. The molecule has 2 heterocycles. The molecule has 0 atom stereocenters. The van der Waals surface area contributed by atoms with Crippen LogP contribution in [0, 0.1) is 12.7 Å². The van der Waals surface area contributed by atoms with Crippen LogP contribution in [0.3, 0.4) is 0 Å². The van der Waals surface area contributed by atoms with Crippen LogP contribution in [0.2, 0.25) is 0 Å². The van der Waals surface area contributed by atoms with Gasteiger partial charge in [-0.2, -0.15) is 13.9 Å². The third kappa shape index (κ3) is 3.08. The maximum absolute atomic E-state index is 13.6. The van der Waals surface area contributed by atoms with Gasteiger partial charge in [0.15, 0.2) is 5.69 Å². The van der Waals surface area contributed by atoms with Crippen LogP contribution in [0.25, 0.3) is 0 Å². The average molecular weight is 341 g/mol. The summed E-state index contributed by atoms with van der Waals surface area (Å²) in [6, 6.07) is 5.59. The fourth-order valence-corrected chi connectivity index (χ4v) is 3.46. The summed E-state index contributed by atoms with van der Waals surface area (Å²) in [7, 11) is 0. The molecule has 0 bridgehead atoms. The van der Waals surface area contributed by atoms with Gasteiger partial charge in [-0.3, -0.25) is 4.79 Å². The average Bonchev–Trinajstić information content (AvgIpc) is 2.78. The first kappa shape index (κ1) is 15.9. The number of carbonyl (C=O) groups is 1.